The molecule has 0 saturated carbocycles. The number of methoxy groups -OCH3 is 1. The highest BCUT2D eigenvalue weighted by atomic mass is 35.5. The summed E-state index contributed by atoms with van der Waals surface area (Å²) in [6, 6.07) is 5.55. The fraction of sp³-hybridized carbons (Fsp3) is 0.211. The van der Waals surface area contributed by atoms with Crippen LogP contribution in [0.3, 0.4) is 0 Å². The minimum atomic E-state index is -0.566. The van der Waals surface area contributed by atoms with Crippen molar-refractivity contribution in [2.75, 3.05) is 13.7 Å². The van der Waals surface area contributed by atoms with E-state index in [4.69, 9.17) is 21.1 Å². The highest BCUT2D eigenvalue weighted by molar-refractivity contribution is 6.30. The van der Waals surface area contributed by atoms with Crippen LogP contribution in [0.15, 0.2) is 36.8 Å². The largest absolute Gasteiger partial charge is 0.491 e. The molecule has 1 amide bonds. The second-order valence-electron chi connectivity index (χ2n) is 6.29. The van der Waals surface area contributed by atoms with Crippen molar-refractivity contribution in [3.05, 3.63) is 64.6 Å². The number of aryl methyl sites for hydroxylation is 1. The summed E-state index contributed by atoms with van der Waals surface area (Å²) in [5, 5.41) is 2.81. The predicted octanol–water partition coefficient (Wildman–Crippen LogP) is 3.24. The molecule has 0 fully saturated rings. The highest BCUT2D eigenvalue weighted by Crippen LogP contribution is 2.36. The molecule has 0 radical (unpaired) electrons. The summed E-state index contributed by atoms with van der Waals surface area (Å²) in [6.45, 7) is 2.06. The average Bonchev–Trinajstić information content (AvgIpc) is 3.28. The van der Waals surface area contributed by atoms with E-state index in [2.05, 4.69) is 15.3 Å². The third kappa shape index (κ3) is 3.27. The standard InChI is InChI=1S/C19H16ClFN4O3/c1-10-7-25(9-22-10)16-4-3-14(24-19(16)27-2)18(26)23-15-8-28-17-6-13(21)12(20)5-11(15)17/h3-7,9,15H,8H2,1-2H3,(H,23,26). The topological polar surface area (TPSA) is 78.3 Å². The van der Waals surface area contributed by atoms with Crippen LogP contribution in [0.1, 0.15) is 27.8 Å². The van der Waals surface area contributed by atoms with E-state index in [1.54, 1.807) is 23.0 Å². The van der Waals surface area contributed by atoms with Gasteiger partial charge in [0.1, 0.15) is 29.6 Å². The van der Waals surface area contributed by atoms with Gasteiger partial charge in [0, 0.05) is 17.8 Å². The van der Waals surface area contributed by atoms with Gasteiger partial charge in [-0.2, -0.15) is 0 Å². The number of amides is 1. The summed E-state index contributed by atoms with van der Waals surface area (Å²) in [7, 11) is 1.48. The summed E-state index contributed by atoms with van der Waals surface area (Å²) < 4.78 is 26.1. The average molecular weight is 403 g/mol. The van der Waals surface area contributed by atoms with Crippen molar-refractivity contribution in [2.45, 2.75) is 13.0 Å². The summed E-state index contributed by atoms with van der Waals surface area (Å²) in [6.07, 6.45) is 3.47. The van der Waals surface area contributed by atoms with E-state index in [1.165, 1.54) is 19.2 Å². The number of hydrogen-bond acceptors (Lipinski definition) is 5. The van der Waals surface area contributed by atoms with Crippen molar-refractivity contribution in [1.82, 2.24) is 19.9 Å². The first-order valence-electron chi connectivity index (χ1n) is 8.45. The summed E-state index contributed by atoms with van der Waals surface area (Å²) in [5.41, 5.74) is 2.31. The van der Waals surface area contributed by atoms with Gasteiger partial charge in [-0.1, -0.05) is 11.6 Å². The third-order valence-electron chi connectivity index (χ3n) is 4.39. The first kappa shape index (κ1) is 18.2. The van der Waals surface area contributed by atoms with Crippen LogP contribution in [0.2, 0.25) is 5.02 Å². The molecule has 0 aliphatic carbocycles. The number of benzene rings is 1. The summed E-state index contributed by atoms with van der Waals surface area (Å²) in [4.78, 5) is 21.1. The third-order valence-corrected chi connectivity index (χ3v) is 4.68. The molecule has 2 aromatic heterocycles. The van der Waals surface area contributed by atoms with Gasteiger partial charge in [0.05, 0.1) is 30.2 Å². The van der Waals surface area contributed by atoms with E-state index in [0.29, 0.717) is 22.9 Å². The number of pyridine rings is 1. The Morgan fingerprint density at radius 2 is 2.25 bits per heavy atom. The van der Waals surface area contributed by atoms with Gasteiger partial charge in [0.25, 0.3) is 5.91 Å². The van der Waals surface area contributed by atoms with Gasteiger partial charge < -0.3 is 19.4 Å². The molecule has 1 unspecified atom stereocenters. The number of carbonyl (C=O) groups excluding carboxylic acids is 1. The highest BCUT2D eigenvalue weighted by Gasteiger charge is 2.28. The Bertz CT molecular complexity index is 1070. The van der Waals surface area contributed by atoms with Gasteiger partial charge in [0.2, 0.25) is 5.88 Å². The van der Waals surface area contributed by atoms with Crippen LogP contribution >= 0.6 is 11.6 Å². The Morgan fingerprint density at radius 1 is 1.43 bits per heavy atom. The van der Waals surface area contributed by atoms with Crippen molar-refractivity contribution in [1.29, 1.82) is 0 Å². The van der Waals surface area contributed by atoms with Gasteiger partial charge in [0.15, 0.2) is 0 Å². The first-order valence-corrected chi connectivity index (χ1v) is 8.82. The van der Waals surface area contributed by atoms with Crippen LogP contribution in [-0.4, -0.2) is 34.2 Å². The second kappa shape index (κ2) is 7.12. The van der Waals surface area contributed by atoms with E-state index in [1.807, 2.05) is 13.1 Å². The van der Waals surface area contributed by atoms with Crippen molar-refractivity contribution < 1.29 is 18.7 Å². The first-order chi connectivity index (χ1) is 13.5. The summed E-state index contributed by atoms with van der Waals surface area (Å²) >= 11 is 5.85. The Hall–Kier alpha value is -3.13. The Kier molecular flexibility index (Phi) is 4.64. The molecule has 144 valence electrons. The molecule has 9 heteroatoms. The monoisotopic (exact) mass is 402 g/mol. The zero-order valence-corrected chi connectivity index (χ0v) is 15.8. The molecule has 1 aromatic carbocycles. The number of rotatable bonds is 4. The maximum atomic E-state index is 13.6. The Labute approximate surface area is 165 Å². The Morgan fingerprint density at radius 3 is 2.96 bits per heavy atom. The van der Waals surface area contributed by atoms with Crippen LogP contribution < -0.4 is 14.8 Å². The number of carbonyl (C=O) groups is 1. The second-order valence-corrected chi connectivity index (χ2v) is 6.70. The van der Waals surface area contributed by atoms with Gasteiger partial charge in [-0.25, -0.2) is 14.4 Å². The number of fused-ring (bicyclic) bond motifs is 1. The van der Waals surface area contributed by atoms with Crippen LogP contribution in [0, 0.1) is 12.7 Å². The zero-order chi connectivity index (χ0) is 19.8. The SMILES string of the molecule is COc1nc(C(=O)NC2COc3cc(F)c(Cl)cc32)ccc1-n1cnc(C)c1. The van der Waals surface area contributed by atoms with Gasteiger partial charge in [-0.05, 0) is 25.1 Å². The molecule has 3 aromatic rings. The lowest BCUT2D eigenvalue weighted by molar-refractivity contribution is 0.0924. The van der Waals surface area contributed by atoms with E-state index in [9.17, 15) is 9.18 Å². The van der Waals surface area contributed by atoms with E-state index >= 15 is 0 Å². The van der Waals surface area contributed by atoms with Crippen LogP contribution in [-0.2, 0) is 0 Å². The molecule has 1 aliphatic heterocycles. The van der Waals surface area contributed by atoms with E-state index in [0.717, 1.165) is 5.69 Å². The predicted molar refractivity (Wildman–Crippen MR) is 99.8 cm³/mol. The van der Waals surface area contributed by atoms with Gasteiger partial charge >= 0.3 is 0 Å². The van der Waals surface area contributed by atoms with E-state index in [-0.39, 0.29) is 17.3 Å². The fourth-order valence-electron chi connectivity index (χ4n) is 3.02. The van der Waals surface area contributed by atoms with Crippen LogP contribution in [0.5, 0.6) is 11.6 Å². The van der Waals surface area contributed by atoms with Crippen LogP contribution in [0.4, 0.5) is 4.39 Å². The number of nitrogens with zero attached hydrogens (tertiary/aromatic N) is 3. The normalized spacial score (nSPS) is 15.1. The molecule has 0 spiro atoms. The van der Waals surface area contributed by atoms with Crippen molar-refractivity contribution in [3.63, 3.8) is 0 Å². The zero-order valence-electron chi connectivity index (χ0n) is 15.1. The number of imidazole rings is 1. The smallest absolute Gasteiger partial charge is 0.270 e. The molecule has 4 rings (SSSR count). The quantitative estimate of drug-likeness (QED) is 0.724. The molecule has 1 aliphatic rings. The molecule has 0 bridgehead atoms. The number of nitrogens with one attached hydrogen (secondary N) is 1. The van der Waals surface area contributed by atoms with Gasteiger partial charge in [-0.3, -0.25) is 4.79 Å². The maximum absolute atomic E-state index is 13.6. The minimum absolute atomic E-state index is 0.0247. The molecular formula is C19H16ClFN4O3. The van der Waals surface area contributed by atoms with E-state index < -0.39 is 17.8 Å². The number of aromatic nitrogens is 3. The van der Waals surface area contributed by atoms with Crippen molar-refractivity contribution >= 4 is 17.5 Å². The molecular weight excluding hydrogens is 387 g/mol. The van der Waals surface area contributed by atoms with Crippen molar-refractivity contribution in [2.24, 2.45) is 0 Å². The Balaban J connectivity index is 1.57. The lowest BCUT2D eigenvalue weighted by Crippen LogP contribution is -2.30. The van der Waals surface area contributed by atoms with Crippen molar-refractivity contribution in [3.8, 4) is 17.3 Å². The maximum Gasteiger partial charge on any atom is 0.270 e. The lowest BCUT2D eigenvalue weighted by Gasteiger charge is -2.13. The number of hydrogen-bond donors (Lipinski definition) is 1. The number of halogens is 2. The summed E-state index contributed by atoms with van der Waals surface area (Å²) in [5.74, 6) is -0.320. The fourth-order valence-corrected chi connectivity index (χ4v) is 3.19. The molecule has 1 atom stereocenters. The molecule has 28 heavy (non-hydrogen) atoms. The molecule has 7 nitrogen and oxygen atoms in total. The lowest BCUT2D eigenvalue weighted by atomic mass is 10.1. The van der Waals surface area contributed by atoms with Gasteiger partial charge in [-0.15, -0.1) is 0 Å². The molecule has 3 heterocycles. The molecule has 0 saturated heterocycles. The van der Waals surface area contributed by atoms with Crippen LogP contribution in [0.25, 0.3) is 5.69 Å². The number of ether oxygens (including phenoxy) is 2. The minimum Gasteiger partial charge on any atom is -0.491 e. The molecule has 1 N–H and O–H groups in total.